The van der Waals surface area contributed by atoms with E-state index < -0.39 is 5.92 Å². The minimum atomic E-state index is -2.43. The molecule has 1 aliphatic rings. The molecule has 31 heavy (non-hydrogen) atoms. The van der Waals surface area contributed by atoms with E-state index in [9.17, 15) is 13.6 Å². The van der Waals surface area contributed by atoms with Crippen molar-refractivity contribution in [2.75, 3.05) is 13.7 Å². The number of ether oxygens (including phenoxy) is 1. The molecule has 2 N–H and O–H groups in total. The highest BCUT2D eigenvalue weighted by Crippen LogP contribution is 2.29. The van der Waals surface area contributed by atoms with E-state index in [1.54, 1.807) is 6.07 Å². The first-order valence-corrected chi connectivity index (χ1v) is 10.9. The Bertz CT molecular complexity index is 561. The van der Waals surface area contributed by atoms with Gasteiger partial charge in [-0.25, -0.2) is 13.8 Å². The Kier molecular flexibility index (Phi) is 19.7. The molecule has 0 spiro atoms. The molecule has 1 saturated heterocycles. The summed E-state index contributed by atoms with van der Waals surface area (Å²) < 4.78 is 30.8. The van der Waals surface area contributed by atoms with Gasteiger partial charge in [0.05, 0.1) is 13.3 Å². The molecule has 1 aliphatic heterocycles. The largest absolute Gasteiger partial charge is 0.506 e. The van der Waals surface area contributed by atoms with Gasteiger partial charge in [0.1, 0.15) is 12.0 Å². The number of carbonyl (C=O) groups excluding carboxylic acids is 2. The van der Waals surface area contributed by atoms with E-state index in [-0.39, 0.29) is 30.4 Å². The summed E-state index contributed by atoms with van der Waals surface area (Å²) in [5.74, 6) is -1.41. The minimum absolute atomic E-state index is 0.0590. The molecule has 6 nitrogen and oxygen atoms in total. The lowest BCUT2D eigenvalue weighted by Crippen LogP contribution is -2.28. The van der Waals surface area contributed by atoms with Gasteiger partial charge in [-0.1, -0.05) is 33.6 Å². The number of aldehydes is 1. The summed E-state index contributed by atoms with van der Waals surface area (Å²) in [7, 11) is 1.53. The molecule has 0 aliphatic carbocycles. The third-order valence-corrected chi connectivity index (χ3v) is 4.32. The molecular formula is C23H40F2N2O4. The first-order chi connectivity index (χ1) is 14.6. The van der Waals surface area contributed by atoms with Crippen LogP contribution >= 0.6 is 0 Å². The van der Waals surface area contributed by atoms with Crippen LogP contribution in [0.25, 0.3) is 0 Å². The van der Waals surface area contributed by atoms with E-state index in [0.29, 0.717) is 12.3 Å². The van der Waals surface area contributed by atoms with Gasteiger partial charge in [-0.15, -0.1) is 0 Å². The maximum Gasteiger partial charge on any atom is 0.248 e. The number of carbonyl (C=O) groups is 2. The molecule has 0 aromatic carbocycles. The monoisotopic (exact) mass is 446 g/mol. The molecule has 0 saturated carbocycles. The number of hydrogen-bond acceptors (Lipinski definition) is 5. The third-order valence-electron chi connectivity index (χ3n) is 4.32. The Labute approximate surface area is 185 Å². The van der Waals surface area contributed by atoms with Crippen LogP contribution in [0.5, 0.6) is 11.6 Å². The third kappa shape index (κ3) is 20.8. The van der Waals surface area contributed by atoms with Crippen LogP contribution in [-0.2, 0) is 9.59 Å². The van der Waals surface area contributed by atoms with Gasteiger partial charge in [-0.3, -0.25) is 4.79 Å². The van der Waals surface area contributed by atoms with Crippen molar-refractivity contribution in [2.24, 2.45) is 5.92 Å². The summed E-state index contributed by atoms with van der Waals surface area (Å²) in [5.41, 5.74) is 0. The van der Waals surface area contributed by atoms with Crippen LogP contribution in [0, 0.1) is 5.92 Å². The number of unbranched alkanes of at least 4 members (excludes halogenated alkanes) is 1. The van der Waals surface area contributed by atoms with Gasteiger partial charge in [0.2, 0.25) is 17.7 Å². The summed E-state index contributed by atoms with van der Waals surface area (Å²) in [6.45, 7) is 8.12. The minimum Gasteiger partial charge on any atom is -0.506 e. The smallest absolute Gasteiger partial charge is 0.248 e. The fourth-order valence-electron chi connectivity index (χ4n) is 2.41. The van der Waals surface area contributed by atoms with Crippen LogP contribution in [0.3, 0.4) is 0 Å². The molecule has 1 amide bonds. The molecule has 1 fully saturated rings. The lowest BCUT2D eigenvalue weighted by molar-refractivity contribution is -0.122. The standard InChI is InChI=1S/C10H20F2.C6H7NO2.C5H9NO.C2H4O/c1-4-6-7-10(11,12)8-9(3)5-2;1-9-6-3-2-5(8)4-7-6;7-5-3-1-2-4-6-5;1-2-3/h9H,4-8H2,1-3H3;2-4,8H,1H3;1-4H2,(H,6,7);2H,1H3. The summed E-state index contributed by atoms with van der Waals surface area (Å²) in [6.07, 6.45) is 7.52. The van der Waals surface area contributed by atoms with Gasteiger partial charge >= 0.3 is 0 Å². The number of pyridine rings is 1. The highest BCUT2D eigenvalue weighted by atomic mass is 19.3. The van der Waals surface area contributed by atoms with E-state index in [1.807, 2.05) is 20.8 Å². The van der Waals surface area contributed by atoms with Crippen LogP contribution in [0.1, 0.15) is 79.1 Å². The van der Waals surface area contributed by atoms with Crippen LogP contribution in [0.15, 0.2) is 18.3 Å². The second kappa shape index (κ2) is 19.7. The zero-order chi connectivity index (χ0) is 24.1. The maximum absolute atomic E-state index is 13.0. The molecule has 1 unspecified atom stereocenters. The maximum atomic E-state index is 13.0. The van der Waals surface area contributed by atoms with Crippen LogP contribution in [0.2, 0.25) is 0 Å². The molecule has 1 aromatic rings. The number of alkyl halides is 2. The number of hydrogen-bond donors (Lipinski definition) is 2. The SMILES string of the molecule is CC=O.CCCCC(F)(F)CC(C)CC.COc1ccc(O)cn1.O=C1CCCCN1. The summed E-state index contributed by atoms with van der Waals surface area (Å²) in [6, 6.07) is 3.11. The Morgan fingerprint density at radius 2 is 1.97 bits per heavy atom. The molecule has 180 valence electrons. The number of nitrogens with one attached hydrogen (secondary N) is 1. The van der Waals surface area contributed by atoms with E-state index in [2.05, 4.69) is 10.3 Å². The predicted octanol–water partition coefficient (Wildman–Crippen LogP) is 5.54. The normalized spacial score (nSPS) is 13.6. The van der Waals surface area contributed by atoms with Crippen molar-refractivity contribution >= 4 is 12.2 Å². The van der Waals surface area contributed by atoms with Crippen molar-refractivity contribution in [3.05, 3.63) is 18.3 Å². The van der Waals surface area contributed by atoms with E-state index in [1.165, 1.54) is 26.3 Å². The van der Waals surface area contributed by atoms with Gasteiger partial charge in [0.25, 0.3) is 0 Å². The van der Waals surface area contributed by atoms with Gasteiger partial charge in [-0.2, -0.15) is 0 Å². The number of nitrogens with zero attached hydrogens (tertiary/aromatic N) is 1. The van der Waals surface area contributed by atoms with Gasteiger partial charge in [0, 0.05) is 31.9 Å². The number of aromatic nitrogens is 1. The average Bonchev–Trinajstić information content (AvgIpc) is 2.74. The zero-order valence-electron chi connectivity index (χ0n) is 19.6. The molecule has 0 bridgehead atoms. The number of piperidine rings is 1. The Hall–Kier alpha value is -2.25. The van der Waals surface area contributed by atoms with Gasteiger partial charge in [-0.05, 0) is 38.2 Å². The van der Waals surface area contributed by atoms with Crippen LogP contribution in [0.4, 0.5) is 8.78 Å². The first kappa shape index (κ1) is 30.9. The van der Waals surface area contributed by atoms with Crippen LogP contribution in [-0.4, -0.2) is 41.9 Å². The first-order valence-electron chi connectivity index (χ1n) is 10.9. The summed E-state index contributed by atoms with van der Waals surface area (Å²) in [4.78, 5) is 22.9. The van der Waals surface area contributed by atoms with Crippen molar-refractivity contribution in [2.45, 2.75) is 85.0 Å². The summed E-state index contributed by atoms with van der Waals surface area (Å²) in [5, 5.41) is 11.5. The fourth-order valence-corrected chi connectivity index (χ4v) is 2.41. The number of aromatic hydroxyl groups is 1. The Balaban J connectivity index is 0. The molecule has 2 heterocycles. The number of methoxy groups -OCH3 is 1. The molecular weight excluding hydrogens is 406 g/mol. The molecule has 0 radical (unpaired) electrons. The highest BCUT2D eigenvalue weighted by Gasteiger charge is 2.29. The highest BCUT2D eigenvalue weighted by molar-refractivity contribution is 5.76. The lowest BCUT2D eigenvalue weighted by Gasteiger charge is -2.19. The number of amides is 1. The predicted molar refractivity (Wildman–Crippen MR) is 120 cm³/mol. The lowest BCUT2D eigenvalue weighted by atomic mass is 9.97. The Morgan fingerprint density at radius 1 is 1.32 bits per heavy atom. The van der Waals surface area contributed by atoms with Crippen molar-refractivity contribution in [1.29, 1.82) is 0 Å². The molecule has 1 aromatic heterocycles. The van der Waals surface area contributed by atoms with Crippen molar-refractivity contribution in [1.82, 2.24) is 10.3 Å². The quantitative estimate of drug-likeness (QED) is 0.537. The Morgan fingerprint density at radius 3 is 2.32 bits per heavy atom. The fraction of sp³-hybridized carbons (Fsp3) is 0.696. The van der Waals surface area contributed by atoms with Crippen molar-refractivity contribution < 1.29 is 28.2 Å². The second-order valence-electron chi connectivity index (χ2n) is 7.28. The topological polar surface area (TPSA) is 88.5 Å². The van der Waals surface area contributed by atoms with E-state index >= 15 is 0 Å². The van der Waals surface area contributed by atoms with Crippen molar-refractivity contribution in [3.8, 4) is 11.6 Å². The van der Waals surface area contributed by atoms with E-state index in [0.717, 1.165) is 44.9 Å². The average molecular weight is 447 g/mol. The summed E-state index contributed by atoms with van der Waals surface area (Å²) >= 11 is 0. The zero-order valence-corrected chi connectivity index (χ0v) is 19.6. The second-order valence-corrected chi connectivity index (χ2v) is 7.28. The van der Waals surface area contributed by atoms with Gasteiger partial charge in [0.15, 0.2) is 0 Å². The van der Waals surface area contributed by atoms with E-state index in [4.69, 9.17) is 14.6 Å². The van der Waals surface area contributed by atoms with Crippen LogP contribution < -0.4 is 10.1 Å². The molecule has 2 rings (SSSR count). The number of rotatable bonds is 7. The molecule has 8 heteroatoms. The number of halogens is 2. The van der Waals surface area contributed by atoms with Crippen molar-refractivity contribution in [3.63, 3.8) is 0 Å². The van der Waals surface area contributed by atoms with Gasteiger partial charge < -0.3 is 20.0 Å². The molecule has 1 atom stereocenters.